The zero-order chi connectivity index (χ0) is 12.0. The van der Waals surface area contributed by atoms with Gasteiger partial charge in [0, 0.05) is 23.7 Å². The van der Waals surface area contributed by atoms with Gasteiger partial charge in [-0.3, -0.25) is 0 Å². The average Bonchev–Trinajstić information content (AvgIpc) is 2.88. The number of fused-ring (bicyclic) bond motifs is 2. The van der Waals surface area contributed by atoms with Gasteiger partial charge in [0.05, 0.1) is 11.1 Å². The predicted octanol–water partition coefficient (Wildman–Crippen LogP) is 2.82. The molecule has 2 aromatic rings. The van der Waals surface area contributed by atoms with E-state index in [0.29, 0.717) is 11.6 Å². The van der Waals surface area contributed by atoms with Gasteiger partial charge >= 0.3 is 0 Å². The van der Waals surface area contributed by atoms with Crippen LogP contribution >= 0.6 is 0 Å². The maximum Gasteiger partial charge on any atom is 0.231 e. The van der Waals surface area contributed by atoms with Crippen LogP contribution in [-0.2, 0) is 0 Å². The molecule has 0 atom stereocenters. The van der Waals surface area contributed by atoms with Gasteiger partial charge in [0.15, 0.2) is 11.5 Å². The zero-order valence-corrected chi connectivity index (χ0v) is 9.73. The van der Waals surface area contributed by atoms with Gasteiger partial charge in [0.1, 0.15) is 6.07 Å². The van der Waals surface area contributed by atoms with Crippen LogP contribution in [0.3, 0.4) is 0 Å². The molecule has 17 heavy (non-hydrogen) atoms. The molecular formula is C13H12N2O2. The summed E-state index contributed by atoms with van der Waals surface area (Å²) in [4.78, 5) is 0. The van der Waals surface area contributed by atoms with E-state index < -0.39 is 0 Å². The highest BCUT2D eigenvalue weighted by atomic mass is 16.7. The van der Waals surface area contributed by atoms with Crippen LogP contribution in [0.5, 0.6) is 11.5 Å². The van der Waals surface area contributed by atoms with Crippen LogP contribution < -0.4 is 9.47 Å². The highest BCUT2D eigenvalue weighted by Gasteiger charge is 2.19. The lowest BCUT2D eigenvalue weighted by molar-refractivity contribution is 0.174. The number of nitriles is 1. The minimum Gasteiger partial charge on any atom is -0.454 e. The van der Waals surface area contributed by atoms with Crippen LogP contribution in [0.1, 0.15) is 25.5 Å². The van der Waals surface area contributed by atoms with Crippen LogP contribution in [0.4, 0.5) is 0 Å². The minimum atomic E-state index is 0.255. The first kappa shape index (κ1) is 10.0. The molecular weight excluding hydrogens is 216 g/mol. The van der Waals surface area contributed by atoms with Gasteiger partial charge in [-0.25, -0.2) is 0 Å². The SMILES string of the molecule is CC(C)n1cc(C#N)c2cc3c(cc21)OCO3. The first-order chi connectivity index (χ1) is 8.20. The van der Waals surface area contributed by atoms with Gasteiger partial charge in [-0.15, -0.1) is 0 Å². The summed E-state index contributed by atoms with van der Waals surface area (Å²) < 4.78 is 12.8. The Morgan fingerprint density at radius 2 is 2.00 bits per heavy atom. The molecule has 0 saturated carbocycles. The monoisotopic (exact) mass is 228 g/mol. The molecule has 0 bridgehead atoms. The standard InChI is InChI=1S/C13H12N2O2/c1-8(2)15-6-9(5-14)10-3-12-13(4-11(10)15)17-7-16-12/h3-4,6,8H,7H2,1-2H3. The van der Waals surface area contributed by atoms with Gasteiger partial charge in [-0.05, 0) is 19.9 Å². The lowest BCUT2D eigenvalue weighted by Gasteiger charge is -2.09. The third-order valence-corrected chi connectivity index (χ3v) is 3.00. The molecule has 2 heterocycles. The second-order valence-corrected chi connectivity index (χ2v) is 4.38. The number of ether oxygens (including phenoxy) is 2. The fourth-order valence-electron chi connectivity index (χ4n) is 2.16. The van der Waals surface area contributed by atoms with Gasteiger partial charge in [-0.1, -0.05) is 0 Å². The molecule has 0 aliphatic carbocycles. The van der Waals surface area contributed by atoms with Crippen molar-refractivity contribution in [1.82, 2.24) is 4.57 Å². The second kappa shape index (κ2) is 3.42. The fourth-order valence-corrected chi connectivity index (χ4v) is 2.16. The van der Waals surface area contributed by atoms with Crippen molar-refractivity contribution in [3.8, 4) is 17.6 Å². The van der Waals surface area contributed by atoms with Crippen molar-refractivity contribution in [2.45, 2.75) is 19.9 Å². The van der Waals surface area contributed by atoms with Crippen molar-refractivity contribution in [1.29, 1.82) is 5.26 Å². The van der Waals surface area contributed by atoms with Crippen LogP contribution in [0, 0.1) is 11.3 Å². The number of hydrogen-bond acceptors (Lipinski definition) is 3. The van der Waals surface area contributed by atoms with E-state index in [1.165, 1.54) is 0 Å². The van der Waals surface area contributed by atoms with Gasteiger partial charge in [0.2, 0.25) is 6.79 Å². The smallest absolute Gasteiger partial charge is 0.231 e. The van der Waals surface area contributed by atoms with E-state index >= 15 is 0 Å². The molecule has 0 N–H and O–H groups in total. The van der Waals surface area contributed by atoms with Crippen LogP contribution in [0.2, 0.25) is 0 Å². The van der Waals surface area contributed by atoms with Crippen LogP contribution in [0.25, 0.3) is 10.9 Å². The summed E-state index contributed by atoms with van der Waals surface area (Å²) in [7, 11) is 0. The summed E-state index contributed by atoms with van der Waals surface area (Å²) in [5.41, 5.74) is 1.69. The molecule has 1 aliphatic heterocycles. The number of benzene rings is 1. The number of aromatic nitrogens is 1. The molecule has 0 fully saturated rings. The Labute approximate surface area is 99.0 Å². The molecule has 1 aliphatic rings. The third-order valence-electron chi connectivity index (χ3n) is 3.00. The Morgan fingerprint density at radius 1 is 1.29 bits per heavy atom. The van der Waals surface area contributed by atoms with E-state index in [2.05, 4.69) is 24.5 Å². The topological polar surface area (TPSA) is 47.2 Å². The van der Waals surface area contributed by atoms with Gasteiger partial charge < -0.3 is 14.0 Å². The second-order valence-electron chi connectivity index (χ2n) is 4.38. The highest BCUT2D eigenvalue weighted by Crippen LogP contribution is 2.38. The quantitative estimate of drug-likeness (QED) is 0.754. The van der Waals surface area contributed by atoms with Crippen molar-refractivity contribution in [2.75, 3.05) is 6.79 Å². The maximum atomic E-state index is 9.14. The van der Waals surface area contributed by atoms with E-state index in [1.54, 1.807) is 0 Å². The first-order valence-corrected chi connectivity index (χ1v) is 5.55. The Bertz CT molecular complexity index is 635. The lowest BCUT2D eigenvalue weighted by Crippen LogP contribution is -1.97. The van der Waals surface area contributed by atoms with E-state index in [1.807, 2.05) is 18.3 Å². The number of rotatable bonds is 1. The number of nitrogens with zero attached hydrogens (tertiary/aromatic N) is 2. The lowest BCUT2D eigenvalue weighted by atomic mass is 10.1. The largest absolute Gasteiger partial charge is 0.454 e. The number of hydrogen-bond donors (Lipinski definition) is 0. The summed E-state index contributed by atoms with van der Waals surface area (Å²) in [5, 5.41) is 10.1. The molecule has 4 heteroatoms. The summed E-state index contributed by atoms with van der Waals surface area (Å²) in [6.07, 6.45) is 1.88. The van der Waals surface area contributed by atoms with Gasteiger partial charge in [-0.2, -0.15) is 5.26 Å². The van der Waals surface area contributed by atoms with Crippen molar-refractivity contribution in [2.24, 2.45) is 0 Å². The summed E-state index contributed by atoms with van der Waals surface area (Å²) >= 11 is 0. The molecule has 1 aromatic heterocycles. The zero-order valence-electron chi connectivity index (χ0n) is 9.73. The molecule has 0 radical (unpaired) electrons. The van der Waals surface area contributed by atoms with E-state index in [4.69, 9.17) is 14.7 Å². The van der Waals surface area contributed by atoms with E-state index in [9.17, 15) is 0 Å². The molecule has 0 spiro atoms. The molecule has 3 rings (SSSR count). The molecule has 0 amide bonds. The van der Waals surface area contributed by atoms with E-state index in [-0.39, 0.29) is 6.79 Å². The van der Waals surface area contributed by atoms with Crippen molar-refractivity contribution < 1.29 is 9.47 Å². The molecule has 1 aromatic carbocycles. The Hall–Kier alpha value is -2.15. The third kappa shape index (κ3) is 1.36. The average molecular weight is 228 g/mol. The Morgan fingerprint density at radius 3 is 2.65 bits per heavy atom. The summed E-state index contributed by atoms with van der Waals surface area (Å²) in [5.74, 6) is 1.47. The Balaban J connectivity index is 2.35. The van der Waals surface area contributed by atoms with Crippen LogP contribution in [0.15, 0.2) is 18.3 Å². The normalized spacial score (nSPS) is 13.3. The first-order valence-electron chi connectivity index (χ1n) is 5.55. The summed E-state index contributed by atoms with van der Waals surface area (Å²) in [6, 6.07) is 6.35. The molecule has 0 saturated heterocycles. The molecule has 86 valence electrons. The summed E-state index contributed by atoms with van der Waals surface area (Å²) in [6.45, 7) is 4.43. The minimum absolute atomic E-state index is 0.255. The maximum absolute atomic E-state index is 9.14. The molecule has 0 unspecified atom stereocenters. The molecule has 4 nitrogen and oxygen atoms in total. The fraction of sp³-hybridized carbons (Fsp3) is 0.308. The highest BCUT2D eigenvalue weighted by molar-refractivity contribution is 5.89. The van der Waals surface area contributed by atoms with Gasteiger partial charge in [0.25, 0.3) is 0 Å². The van der Waals surface area contributed by atoms with Crippen molar-refractivity contribution in [3.05, 3.63) is 23.9 Å². The van der Waals surface area contributed by atoms with Crippen molar-refractivity contribution in [3.63, 3.8) is 0 Å². The van der Waals surface area contributed by atoms with Crippen molar-refractivity contribution >= 4 is 10.9 Å². The Kier molecular flexibility index (Phi) is 2.02. The van der Waals surface area contributed by atoms with Crippen LogP contribution in [-0.4, -0.2) is 11.4 Å². The predicted molar refractivity (Wildman–Crippen MR) is 63.2 cm³/mol. The van der Waals surface area contributed by atoms with E-state index in [0.717, 1.165) is 22.4 Å².